The highest BCUT2D eigenvalue weighted by Crippen LogP contribution is 2.37. The number of morpholine rings is 1. The topological polar surface area (TPSA) is 25.4 Å². The smallest absolute Gasteiger partial charge is 0.0732 e. The minimum atomic E-state index is 0.826. The van der Waals surface area contributed by atoms with Crippen LogP contribution in [0.15, 0.2) is 36.4 Å². The van der Waals surface area contributed by atoms with Crippen molar-refractivity contribution < 1.29 is 4.74 Å². The van der Waals surface area contributed by atoms with Crippen molar-refractivity contribution >= 4 is 27.4 Å². The van der Waals surface area contributed by atoms with Gasteiger partial charge >= 0.3 is 0 Å². The van der Waals surface area contributed by atoms with Crippen molar-refractivity contribution in [3.63, 3.8) is 0 Å². The maximum absolute atomic E-state index is 5.61. The zero-order valence-electron chi connectivity index (χ0n) is 14.6. The molecule has 1 aliphatic carbocycles. The van der Waals surface area contributed by atoms with Crippen molar-refractivity contribution in [2.45, 2.75) is 32.1 Å². The maximum atomic E-state index is 5.61. The van der Waals surface area contributed by atoms with Crippen LogP contribution in [-0.2, 0) is 17.6 Å². The number of nitrogens with zero attached hydrogens (tertiary/aromatic N) is 2. The minimum Gasteiger partial charge on any atom is -0.378 e. The molecule has 1 aromatic heterocycles. The molecule has 2 aromatic carbocycles. The summed E-state index contributed by atoms with van der Waals surface area (Å²) in [6, 6.07) is 13.3. The summed E-state index contributed by atoms with van der Waals surface area (Å²) in [5.41, 5.74) is 5.43. The van der Waals surface area contributed by atoms with Crippen LogP contribution in [0, 0.1) is 0 Å². The predicted octanol–water partition coefficient (Wildman–Crippen LogP) is 4.49. The highest BCUT2D eigenvalue weighted by molar-refractivity contribution is 6.03. The van der Waals surface area contributed by atoms with Gasteiger partial charge < -0.3 is 9.64 Å². The Morgan fingerprint density at radius 3 is 2.48 bits per heavy atom. The normalized spacial score (nSPS) is 18.3. The van der Waals surface area contributed by atoms with Gasteiger partial charge in [0.1, 0.15) is 0 Å². The molecule has 0 atom stereocenters. The zero-order valence-corrected chi connectivity index (χ0v) is 14.6. The number of benzene rings is 2. The molecule has 0 unspecified atom stereocenters. The highest BCUT2D eigenvalue weighted by atomic mass is 16.5. The quantitative estimate of drug-likeness (QED) is 0.485. The molecule has 1 aliphatic heterocycles. The van der Waals surface area contributed by atoms with E-state index in [1.54, 1.807) is 0 Å². The van der Waals surface area contributed by atoms with Crippen LogP contribution in [0.1, 0.15) is 30.5 Å². The summed E-state index contributed by atoms with van der Waals surface area (Å²) in [5.74, 6) is 0. The summed E-state index contributed by atoms with van der Waals surface area (Å²) in [6.07, 6.45) is 6.15. The lowest BCUT2D eigenvalue weighted by atomic mass is 9.98. The molecular formula is C22H24N2O. The lowest BCUT2D eigenvalue weighted by Crippen LogP contribution is -2.37. The fourth-order valence-electron chi connectivity index (χ4n) is 4.41. The second kappa shape index (κ2) is 6.30. The first-order chi connectivity index (χ1) is 12.4. The van der Waals surface area contributed by atoms with Gasteiger partial charge in [0.15, 0.2) is 0 Å². The van der Waals surface area contributed by atoms with Gasteiger partial charge in [0.05, 0.1) is 24.4 Å². The average Bonchev–Trinajstić information content (AvgIpc) is 2.90. The van der Waals surface area contributed by atoms with Gasteiger partial charge in [-0.15, -0.1) is 0 Å². The monoisotopic (exact) mass is 332 g/mol. The number of hydrogen-bond acceptors (Lipinski definition) is 3. The van der Waals surface area contributed by atoms with Gasteiger partial charge in [-0.2, -0.15) is 0 Å². The largest absolute Gasteiger partial charge is 0.378 e. The second-order valence-electron chi connectivity index (χ2n) is 7.26. The Morgan fingerprint density at radius 1 is 0.880 bits per heavy atom. The molecule has 128 valence electrons. The molecule has 2 heterocycles. The number of aryl methyl sites for hydroxylation is 1. The van der Waals surface area contributed by atoms with Crippen LogP contribution in [0.5, 0.6) is 0 Å². The molecule has 0 N–H and O–H groups in total. The Kier molecular flexibility index (Phi) is 3.82. The van der Waals surface area contributed by atoms with Crippen molar-refractivity contribution in [1.82, 2.24) is 4.98 Å². The van der Waals surface area contributed by atoms with Crippen molar-refractivity contribution in [2.24, 2.45) is 0 Å². The van der Waals surface area contributed by atoms with E-state index in [9.17, 15) is 0 Å². The lowest BCUT2D eigenvalue weighted by Gasteiger charge is -2.32. The molecule has 0 amide bonds. The van der Waals surface area contributed by atoms with E-state index in [0.717, 1.165) is 44.7 Å². The third-order valence-corrected chi connectivity index (χ3v) is 5.68. The van der Waals surface area contributed by atoms with Crippen molar-refractivity contribution in [2.75, 3.05) is 31.2 Å². The molecule has 3 aromatic rings. The number of hydrogen-bond donors (Lipinski definition) is 0. The summed E-state index contributed by atoms with van der Waals surface area (Å²) in [4.78, 5) is 7.67. The number of ether oxygens (including phenoxy) is 1. The Balaban J connectivity index is 1.81. The minimum absolute atomic E-state index is 0.826. The van der Waals surface area contributed by atoms with Crippen LogP contribution < -0.4 is 4.90 Å². The first kappa shape index (κ1) is 15.2. The van der Waals surface area contributed by atoms with Crippen LogP contribution >= 0.6 is 0 Å². The molecule has 25 heavy (non-hydrogen) atoms. The lowest BCUT2D eigenvalue weighted by molar-refractivity contribution is 0.122. The predicted molar refractivity (Wildman–Crippen MR) is 104 cm³/mol. The SMILES string of the molecule is c1ccc2cc3c(N4CCOCC4)c4c(nc3cc2c1)CCCCC4. The molecule has 1 fully saturated rings. The van der Waals surface area contributed by atoms with Crippen molar-refractivity contribution in [3.05, 3.63) is 47.7 Å². The number of aromatic nitrogens is 1. The summed E-state index contributed by atoms with van der Waals surface area (Å²) in [5, 5.41) is 3.91. The molecule has 5 rings (SSSR count). The van der Waals surface area contributed by atoms with Gasteiger partial charge in [0.25, 0.3) is 0 Å². The fraction of sp³-hybridized carbons (Fsp3) is 0.409. The number of anilines is 1. The molecule has 0 spiro atoms. The summed E-state index contributed by atoms with van der Waals surface area (Å²) in [7, 11) is 0. The molecular weight excluding hydrogens is 308 g/mol. The van der Waals surface area contributed by atoms with Gasteiger partial charge in [0.2, 0.25) is 0 Å². The van der Waals surface area contributed by atoms with E-state index in [1.807, 2.05) is 0 Å². The third kappa shape index (κ3) is 2.67. The number of rotatable bonds is 1. The van der Waals surface area contributed by atoms with Gasteiger partial charge in [0, 0.05) is 24.2 Å². The van der Waals surface area contributed by atoms with E-state index < -0.39 is 0 Å². The van der Waals surface area contributed by atoms with Crippen LogP contribution in [0.3, 0.4) is 0 Å². The van der Waals surface area contributed by atoms with Crippen LogP contribution in [-0.4, -0.2) is 31.3 Å². The van der Waals surface area contributed by atoms with Crippen molar-refractivity contribution in [1.29, 1.82) is 0 Å². The average molecular weight is 332 g/mol. The van der Waals surface area contributed by atoms with E-state index >= 15 is 0 Å². The van der Waals surface area contributed by atoms with Crippen LogP contribution in [0.25, 0.3) is 21.7 Å². The van der Waals surface area contributed by atoms with Crippen LogP contribution in [0.2, 0.25) is 0 Å². The molecule has 0 bridgehead atoms. The Hall–Kier alpha value is -2.13. The van der Waals surface area contributed by atoms with Gasteiger partial charge in [-0.3, -0.25) is 4.98 Å². The third-order valence-electron chi connectivity index (χ3n) is 5.68. The Bertz CT molecular complexity index is 928. The van der Waals surface area contributed by atoms with Crippen LogP contribution in [0.4, 0.5) is 5.69 Å². The van der Waals surface area contributed by atoms with Gasteiger partial charge in [-0.1, -0.05) is 30.7 Å². The van der Waals surface area contributed by atoms with E-state index in [4.69, 9.17) is 9.72 Å². The zero-order chi connectivity index (χ0) is 16.6. The van der Waals surface area contributed by atoms with Gasteiger partial charge in [-0.25, -0.2) is 0 Å². The Labute approximate surface area is 148 Å². The number of fused-ring (bicyclic) bond motifs is 3. The van der Waals surface area contributed by atoms with E-state index in [0.29, 0.717) is 0 Å². The highest BCUT2D eigenvalue weighted by Gasteiger charge is 2.23. The number of pyridine rings is 1. The summed E-state index contributed by atoms with van der Waals surface area (Å²) < 4.78 is 5.61. The molecule has 3 heteroatoms. The maximum Gasteiger partial charge on any atom is 0.0732 e. The van der Waals surface area contributed by atoms with E-state index in [2.05, 4.69) is 41.3 Å². The molecule has 3 nitrogen and oxygen atoms in total. The fourth-order valence-corrected chi connectivity index (χ4v) is 4.41. The summed E-state index contributed by atoms with van der Waals surface area (Å²) >= 11 is 0. The molecule has 0 radical (unpaired) electrons. The second-order valence-corrected chi connectivity index (χ2v) is 7.26. The first-order valence-electron chi connectivity index (χ1n) is 9.57. The van der Waals surface area contributed by atoms with E-state index in [-0.39, 0.29) is 0 Å². The van der Waals surface area contributed by atoms with Gasteiger partial charge in [-0.05, 0) is 54.2 Å². The van der Waals surface area contributed by atoms with E-state index in [1.165, 1.54) is 52.4 Å². The molecule has 2 aliphatic rings. The molecule has 1 saturated heterocycles. The van der Waals surface area contributed by atoms with Crippen molar-refractivity contribution in [3.8, 4) is 0 Å². The Morgan fingerprint density at radius 2 is 1.64 bits per heavy atom. The molecule has 0 saturated carbocycles. The summed E-state index contributed by atoms with van der Waals surface area (Å²) in [6.45, 7) is 3.62. The first-order valence-corrected chi connectivity index (χ1v) is 9.57. The standard InChI is InChI=1S/C22H24N2O/c1-2-8-18-20(9-3-1)23-21-15-17-7-5-4-6-16(17)14-19(21)22(18)24-10-12-25-13-11-24/h4-7,14-15H,1-3,8-13H2.